The number of hydrogen-bond donors (Lipinski definition) is 0. The van der Waals surface area contributed by atoms with Crippen molar-refractivity contribution in [1.82, 2.24) is 0 Å². The van der Waals surface area contributed by atoms with Gasteiger partial charge in [0, 0.05) is 18.8 Å². The van der Waals surface area contributed by atoms with Crippen LogP contribution in [0.15, 0.2) is 18.2 Å². The Kier molecular flexibility index (Phi) is 4.10. The predicted molar refractivity (Wildman–Crippen MR) is 70.1 cm³/mol. The Labute approximate surface area is 109 Å². The lowest BCUT2D eigenvalue weighted by Gasteiger charge is -2.25. The summed E-state index contributed by atoms with van der Waals surface area (Å²) >= 11 is 1.55. The fourth-order valence-electron chi connectivity index (χ4n) is 2.41. The number of anilines is 1. The molecule has 1 aromatic rings. The van der Waals surface area contributed by atoms with E-state index in [-0.39, 0.29) is 0 Å². The zero-order chi connectivity index (χ0) is 13.2. The van der Waals surface area contributed by atoms with Gasteiger partial charge in [0.25, 0.3) is 0 Å². The van der Waals surface area contributed by atoms with Crippen molar-refractivity contribution in [2.24, 2.45) is 0 Å². The number of rotatable bonds is 3. The average Bonchev–Trinajstić information content (AvgIpc) is 2.81. The van der Waals surface area contributed by atoms with E-state index in [1.54, 1.807) is 17.8 Å². The van der Waals surface area contributed by atoms with E-state index in [9.17, 15) is 13.2 Å². The van der Waals surface area contributed by atoms with E-state index in [1.165, 1.54) is 12.1 Å². The Bertz CT molecular complexity index is 411. The highest BCUT2D eigenvalue weighted by atomic mass is 32.2. The normalized spacial score (nSPS) is 16.3. The van der Waals surface area contributed by atoms with Crippen LogP contribution in [-0.2, 0) is 11.9 Å². The minimum absolute atomic E-state index is 0.400. The van der Waals surface area contributed by atoms with Gasteiger partial charge in [0.15, 0.2) is 0 Å². The Morgan fingerprint density at radius 3 is 2.44 bits per heavy atom. The van der Waals surface area contributed by atoms with Crippen LogP contribution >= 0.6 is 11.8 Å². The molecule has 0 amide bonds. The van der Waals surface area contributed by atoms with Crippen LogP contribution in [0.4, 0.5) is 18.9 Å². The maximum absolute atomic E-state index is 13.1. The minimum atomic E-state index is -4.27. The molecule has 0 aromatic heterocycles. The lowest BCUT2D eigenvalue weighted by Crippen LogP contribution is -2.23. The molecule has 1 fully saturated rings. The van der Waals surface area contributed by atoms with Gasteiger partial charge in [-0.25, -0.2) is 0 Å². The summed E-state index contributed by atoms with van der Waals surface area (Å²) in [5, 5.41) is 0. The monoisotopic (exact) mass is 275 g/mol. The summed E-state index contributed by atoms with van der Waals surface area (Å²) in [6, 6.07) is 4.50. The first-order valence-electron chi connectivity index (χ1n) is 5.97. The topological polar surface area (TPSA) is 3.24 Å². The molecule has 100 valence electrons. The van der Waals surface area contributed by atoms with E-state index in [1.807, 2.05) is 11.2 Å². The summed E-state index contributed by atoms with van der Waals surface area (Å²) in [7, 11) is 0. The van der Waals surface area contributed by atoms with Gasteiger partial charge < -0.3 is 4.90 Å². The van der Waals surface area contributed by atoms with Gasteiger partial charge in [-0.3, -0.25) is 0 Å². The molecule has 1 aliphatic heterocycles. The van der Waals surface area contributed by atoms with E-state index in [2.05, 4.69) is 0 Å². The first-order valence-corrected chi connectivity index (χ1v) is 7.36. The van der Waals surface area contributed by atoms with Gasteiger partial charge in [0.1, 0.15) is 0 Å². The van der Waals surface area contributed by atoms with Gasteiger partial charge in [-0.2, -0.15) is 24.9 Å². The summed E-state index contributed by atoms with van der Waals surface area (Å²) in [5.41, 5.74) is 0.701. The third-order valence-corrected chi connectivity index (χ3v) is 3.75. The van der Waals surface area contributed by atoms with E-state index >= 15 is 0 Å². The molecule has 0 bridgehead atoms. The maximum atomic E-state index is 13.1. The van der Waals surface area contributed by atoms with Crippen molar-refractivity contribution in [3.63, 3.8) is 0 Å². The number of halogens is 3. The van der Waals surface area contributed by atoms with E-state index in [4.69, 9.17) is 0 Å². The second-order valence-corrected chi connectivity index (χ2v) is 5.30. The molecule has 0 aliphatic carbocycles. The van der Waals surface area contributed by atoms with Gasteiger partial charge in [0.2, 0.25) is 0 Å². The fraction of sp³-hybridized carbons (Fsp3) is 0.538. The first-order chi connectivity index (χ1) is 8.54. The summed E-state index contributed by atoms with van der Waals surface area (Å²) in [5.74, 6) is 0.621. The lowest BCUT2D eigenvalue weighted by atomic mass is 10.1. The molecule has 1 aromatic carbocycles. The Hall–Kier alpha value is -0.840. The van der Waals surface area contributed by atoms with Crippen LogP contribution in [0, 0.1) is 0 Å². The third-order valence-electron chi connectivity index (χ3n) is 3.15. The molecule has 1 nitrogen and oxygen atoms in total. The van der Waals surface area contributed by atoms with Crippen molar-refractivity contribution < 1.29 is 13.2 Å². The largest absolute Gasteiger partial charge is 0.418 e. The highest BCUT2D eigenvalue weighted by Crippen LogP contribution is 2.40. The Balaban J connectivity index is 2.48. The predicted octanol–water partition coefficient (Wildman–Crippen LogP) is 4.17. The van der Waals surface area contributed by atoms with Crippen LogP contribution in [0.3, 0.4) is 0 Å². The number of thioether (sulfide) groups is 1. The quantitative estimate of drug-likeness (QED) is 0.814. The summed E-state index contributed by atoms with van der Waals surface area (Å²) in [6.07, 6.45) is -0.407. The lowest BCUT2D eigenvalue weighted by molar-refractivity contribution is -0.137. The molecular formula is C13H16F3NS. The first kappa shape index (κ1) is 13.6. The molecule has 0 spiro atoms. The summed E-state index contributed by atoms with van der Waals surface area (Å²) in [4.78, 5) is 1.88. The molecule has 0 unspecified atom stereocenters. The van der Waals surface area contributed by atoms with Crippen LogP contribution in [0.2, 0.25) is 0 Å². The summed E-state index contributed by atoms with van der Waals surface area (Å²) < 4.78 is 39.3. The molecule has 1 saturated heterocycles. The fourth-order valence-corrected chi connectivity index (χ4v) is 2.95. The SMILES string of the molecule is CSCc1cccc(C(F)(F)F)c1N1CCCC1. The molecule has 5 heteroatoms. The number of nitrogens with zero attached hydrogens (tertiary/aromatic N) is 1. The van der Waals surface area contributed by atoms with E-state index in [0.29, 0.717) is 11.4 Å². The molecular weight excluding hydrogens is 259 g/mol. The maximum Gasteiger partial charge on any atom is 0.418 e. The molecule has 18 heavy (non-hydrogen) atoms. The average molecular weight is 275 g/mol. The molecule has 0 saturated carbocycles. The highest BCUT2D eigenvalue weighted by Gasteiger charge is 2.36. The Morgan fingerprint density at radius 2 is 1.89 bits per heavy atom. The molecule has 0 N–H and O–H groups in total. The number of alkyl halides is 3. The number of hydrogen-bond acceptors (Lipinski definition) is 2. The molecule has 0 radical (unpaired) electrons. The van der Waals surface area contributed by atoms with Crippen molar-refractivity contribution in [3.05, 3.63) is 29.3 Å². The zero-order valence-corrected chi connectivity index (χ0v) is 11.1. The van der Waals surface area contributed by atoms with Crippen molar-refractivity contribution in [2.45, 2.75) is 24.8 Å². The van der Waals surface area contributed by atoms with Crippen LogP contribution in [0.25, 0.3) is 0 Å². The second kappa shape index (κ2) is 5.43. The van der Waals surface area contributed by atoms with Crippen LogP contribution in [-0.4, -0.2) is 19.3 Å². The molecule has 1 aliphatic rings. The second-order valence-electron chi connectivity index (χ2n) is 4.44. The summed E-state index contributed by atoms with van der Waals surface area (Å²) in [6.45, 7) is 1.46. The molecule has 0 atom stereocenters. The van der Waals surface area contributed by atoms with Crippen molar-refractivity contribution in [2.75, 3.05) is 24.2 Å². The Morgan fingerprint density at radius 1 is 1.22 bits per heavy atom. The molecule has 2 rings (SSSR count). The van der Waals surface area contributed by atoms with Crippen LogP contribution in [0.5, 0.6) is 0 Å². The standard InChI is InChI=1S/C13H16F3NS/c1-18-9-10-5-4-6-11(13(14,15)16)12(10)17-7-2-3-8-17/h4-6H,2-3,7-9H2,1H3. The highest BCUT2D eigenvalue weighted by molar-refractivity contribution is 7.97. The molecule has 1 heterocycles. The van der Waals surface area contributed by atoms with Crippen molar-refractivity contribution in [1.29, 1.82) is 0 Å². The van der Waals surface area contributed by atoms with Gasteiger partial charge >= 0.3 is 6.18 Å². The van der Waals surface area contributed by atoms with Crippen molar-refractivity contribution >= 4 is 17.4 Å². The number of benzene rings is 1. The van der Waals surface area contributed by atoms with Crippen LogP contribution < -0.4 is 4.90 Å². The van der Waals surface area contributed by atoms with Gasteiger partial charge in [-0.05, 0) is 30.7 Å². The zero-order valence-electron chi connectivity index (χ0n) is 10.3. The minimum Gasteiger partial charge on any atom is -0.371 e. The van der Waals surface area contributed by atoms with Crippen LogP contribution in [0.1, 0.15) is 24.0 Å². The van der Waals surface area contributed by atoms with Gasteiger partial charge in [-0.1, -0.05) is 12.1 Å². The van der Waals surface area contributed by atoms with Crippen molar-refractivity contribution in [3.8, 4) is 0 Å². The van der Waals surface area contributed by atoms with Gasteiger partial charge in [0.05, 0.1) is 11.3 Å². The third kappa shape index (κ3) is 2.76. The van der Waals surface area contributed by atoms with E-state index in [0.717, 1.165) is 31.5 Å². The number of para-hydroxylation sites is 1. The van der Waals surface area contributed by atoms with Gasteiger partial charge in [-0.15, -0.1) is 0 Å². The van der Waals surface area contributed by atoms with E-state index < -0.39 is 11.7 Å². The smallest absolute Gasteiger partial charge is 0.371 e.